The summed E-state index contributed by atoms with van der Waals surface area (Å²) >= 11 is 6.04. The molecule has 1 aromatic carbocycles. The van der Waals surface area contributed by atoms with E-state index in [1.807, 2.05) is 84.4 Å². The molecule has 0 bridgehead atoms. The Hall–Kier alpha value is -0.560. The van der Waals surface area contributed by atoms with Crippen molar-refractivity contribution in [2.75, 3.05) is 0 Å². The Labute approximate surface area is 169 Å². The molecule has 0 aliphatic carbocycles. The zero-order chi connectivity index (χ0) is 20.3. The molecule has 27 heavy (non-hydrogen) atoms. The average molecular weight is 394 g/mol. The van der Waals surface area contributed by atoms with Gasteiger partial charge in [0.25, 0.3) is 0 Å². The van der Waals surface area contributed by atoms with Crippen LogP contribution in [-0.2, 0) is 25.2 Å². The standard InChI is InChI=1S/C19H30B2ClNO4/c1-16(2)17(3,4)25-20(24-16)23(13-14-9-11-15(22)12-10-14)21-26-18(5,6)19(7,8)27-21/h9-12H,13H2,1-8H3. The molecule has 0 aromatic heterocycles. The lowest BCUT2D eigenvalue weighted by atomic mass is 9.88. The molecule has 2 aliphatic rings. The van der Waals surface area contributed by atoms with E-state index in [1.165, 1.54) is 0 Å². The van der Waals surface area contributed by atoms with Crippen LogP contribution in [0, 0.1) is 0 Å². The third-order valence-corrected chi connectivity index (χ3v) is 6.55. The number of hydrogen-bond donors (Lipinski definition) is 0. The summed E-state index contributed by atoms with van der Waals surface area (Å²) in [4.78, 5) is 0. The van der Waals surface area contributed by atoms with Gasteiger partial charge in [0.1, 0.15) is 0 Å². The Morgan fingerprint density at radius 1 is 0.704 bits per heavy atom. The lowest BCUT2D eigenvalue weighted by Crippen LogP contribution is -2.52. The lowest BCUT2D eigenvalue weighted by Gasteiger charge is -2.32. The van der Waals surface area contributed by atoms with E-state index in [9.17, 15) is 0 Å². The predicted octanol–water partition coefficient (Wildman–Crippen LogP) is 4.32. The van der Waals surface area contributed by atoms with Crippen molar-refractivity contribution in [1.29, 1.82) is 0 Å². The van der Waals surface area contributed by atoms with Crippen LogP contribution in [0.4, 0.5) is 0 Å². The highest BCUT2D eigenvalue weighted by Crippen LogP contribution is 2.42. The third kappa shape index (κ3) is 3.96. The summed E-state index contributed by atoms with van der Waals surface area (Å²) < 4.78 is 27.1. The van der Waals surface area contributed by atoms with Gasteiger partial charge < -0.3 is 18.6 Å². The Kier molecular flexibility index (Phi) is 5.29. The van der Waals surface area contributed by atoms with Gasteiger partial charge in [0, 0.05) is 11.6 Å². The van der Waals surface area contributed by atoms with Crippen molar-refractivity contribution in [3.8, 4) is 0 Å². The molecule has 0 unspecified atom stereocenters. The predicted molar refractivity (Wildman–Crippen MR) is 109 cm³/mol. The molecule has 0 atom stereocenters. The van der Waals surface area contributed by atoms with Crippen molar-refractivity contribution >= 4 is 26.1 Å². The maximum Gasteiger partial charge on any atom is 0.551 e. The molecule has 2 fully saturated rings. The van der Waals surface area contributed by atoms with E-state index in [-0.39, 0.29) is 0 Å². The number of hydrogen-bond acceptors (Lipinski definition) is 5. The van der Waals surface area contributed by atoms with Crippen molar-refractivity contribution in [2.45, 2.75) is 84.3 Å². The second-order valence-electron chi connectivity index (χ2n) is 9.43. The molecular weight excluding hydrogens is 363 g/mol. The van der Waals surface area contributed by atoms with E-state index in [4.69, 9.17) is 30.2 Å². The fraction of sp³-hybridized carbons (Fsp3) is 0.684. The summed E-state index contributed by atoms with van der Waals surface area (Å²) in [7, 11) is -1.17. The maximum absolute atomic E-state index is 6.29. The zero-order valence-electron chi connectivity index (χ0n) is 17.6. The van der Waals surface area contributed by atoms with Gasteiger partial charge in [-0.05, 0) is 73.1 Å². The second kappa shape index (κ2) is 6.75. The Balaban J connectivity index is 1.89. The van der Waals surface area contributed by atoms with Crippen molar-refractivity contribution in [3.05, 3.63) is 34.9 Å². The molecular formula is C19H30B2ClNO4. The largest absolute Gasteiger partial charge is 0.551 e. The fourth-order valence-electron chi connectivity index (χ4n) is 2.94. The molecule has 3 rings (SSSR count). The molecule has 8 heteroatoms. The van der Waals surface area contributed by atoms with Crippen molar-refractivity contribution in [1.82, 2.24) is 4.72 Å². The summed E-state index contributed by atoms with van der Waals surface area (Å²) in [6.07, 6.45) is 0. The normalized spacial score (nSPS) is 25.4. The first kappa shape index (κ1) is 21.2. The smallest absolute Gasteiger partial charge is 0.390 e. The SMILES string of the molecule is CC1(C)OB(N(Cc2ccc(Cl)cc2)B2OC(C)(C)C(C)(C)O2)OC1(C)C. The summed E-state index contributed by atoms with van der Waals surface area (Å²) in [5.74, 6) is 0. The van der Waals surface area contributed by atoms with Crippen LogP contribution in [0.3, 0.4) is 0 Å². The monoisotopic (exact) mass is 393 g/mol. The van der Waals surface area contributed by atoms with Crippen LogP contribution in [0.25, 0.3) is 0 Å². The topological polar surface area (TPSA) is 40.2 Å². The van der Waals surface area contributed by atoms with E-state index in [0.29, 0.717) is 11.6 Å². The summed E-state index contributed by atoms with van der Waals surface area (Å²) in [5, 5.41) is 0.705. The molecule has 0 amide bonds. The molecule has 0 radical (unpaired) electrons. The fourth-order valence-corrected chi connectivity index (χ4v) is 3.07. The Morgan fingerprint density at radius 3 is 1.37 bits per heavy atom. The molecule has 0 saturated carbocycles. The van der Waals surface area contributed by atoms with Gasteiger partial charge in [0.05, 0.1) is 22.4 Å². The number of rotatable bonds is 4. The van der Waals surface area contributed by atoms with Crippen molar-refractivity contribution in [2.24, 2.45) is 0 Å². The highest BCUT2D eigenvalue weighted by molar-refractivity contribution is 6.60. The van der Waals surface area contributed by atoms with Gasteiger partial charge in [-0.2, -0.15) is 0 Å². The van der Waals surface area contributed by atoms with E-state index in [0.717, 1.165) is 5.56 Å². The van der Waals surface area contributed by atoms with Gasteiger partial charge in [-0.3, -0.25) is 4.72 Å². The van der Waals surface area contributed by atoms with Crippen molar-refractivity contribution < 1.29 is 18.6 Å². The lowest BCUT2D eigenvalue weighted by molar-refractivity contribution is 0.00578. The van der Waals surface area contributed by atoms with Gasteiger partial charge in [-0.15, -0.1) is 0 Å². The van der Waals surface area contributed by atoms with Crippen LogP contribution in [0.5, 0.6) is 0 Å². The van der Waals surface area contributed by atoms with Gasteiger partial charge in [0.2, 0.25) is 0 Å². The molecule has 2 heterocycles. The first-order valence-electron chi connectivity index (χ1n) is 9.46. The van der Waals surface area contributed by atoms with Crippen LogP contribution in [0.15, 0.2) is 24.3 Å². The van der Waals surface area contributed by atoms with E-state index in [2.05, 4.69) is 0 Å². The summed E-state index contributed by atoms with van der Waals surface area (Å²) in [5.41, 5.74) is -0.707. The van der Waals surface area contributed by atoms with Gasteiger partial charge in [0.15, 0.2) is 0 Å². The molecule has 5 nitrogen and oxygen atoms in total. The quantitative estimate of drug-likeness (QED) is 0.713. The first-order chi connectivity index (χ1) is 12.2. The van der Waals surface area contributed by atoms with E-state index >= 15 is 0 Å². The highest BCUT2D eigenvalue weighted by atomic mass is 35.5. The minimum atomic E-state index is -0.583. The van der Waals surface area contributed by atoms with Crippen molar-refractivity contribution in [3.63, 3.8) is 0 Å². The average Bonchev–Trinajstić information content (AvgIpc) is 2.86. The second-order valence-corrected chi connectivity index (χ2v) is 9.86. The third-order valence-electron chi connectivity index (χ3n) is 6.30. The maximum atomic E-state index is 6.29. The van der Waals surface area contributed by atoms with Gasteiger partial charge >= 0.3 is 14.5 Å². The Morgan fingerprint density at radius 2 is 1.04 bits per heavy atom. The highest BCUT2D eigenvalue weighted by Gasteiger charge is 2.61. The van der Waals surface area contributed by atoms with Crippen LogP contribution in [-0.4, -0.2) is 41.6 Å². The van der Waals surface area contributed by atoms with Gasteiger partial charge in [-0.1, -0.05) is 23.7 Å². The molecule has 2 saturated heterocycles. The minimum Gasteiger partial charge on any atom is -0.390 e. The zero-order valence-corrected chi connectivity index (χ0v) is 18.4. The first-order valence-corrected chi connectivity index (χ1v) is 9.83. The molecule has 1 aromatic rings. The molecule has 2 aliphatic heterocycles. The van der Waals surface area contributed by atoms with Crippen LogP contribution in [0.2, 0.25) is 5.02 Å². The number of nitrogens with zero attached hydrogens (tertiary/aromatic N) is 1. The number of benzene rings is 1. The van der Waals surface area contributed by atoms with E-state index in [1.54, 1.807) is 0 Å². The number of halogens is 1. The summed E-state index contributed by atoms with van der Waals surface area (Å²) in [6.45, 7) is 16.9. The van der Waals surface area contributed by atoms with Gasteiger partial charge in [-0.25, -0.2) is 0 Å². The van der Waals surface area contributed by atoms with Crippen LogP contribution < -0.4 is 0 Å². The molecule has 0 spiro atoms. The minimum absolute atomic E-state index is 0.445. The summed E-state index contributed by atoms with van der Waals surface area (Å²) in [6, 6.07) is 7.74. The molecule has 148 valence electrons. The molecule has 0 N–H and O–H groups in total. The van der Waals surface area contributed by atoms with E-state index < -0.39 is 36.9 Å². The van der Waals surface area contributed by atoms with Crippen LogP contribution in [0.1, 0.15) is 61.0 Å². The Bertz CT molecular complexity index is 625. The van der Waals surface area contributed by atoms with Crippen LogP contribution >= 0.6 is 11.6 Å².